The summed E-state index contributed by atoms with van der Waals surface area (Å²) in [5.74, 6) is -1.74. The summed E-state index contributed by atoms with van der Waals surface area (Å²) in [6.45, 7) is 3.38. The molecule has 29 heavy (non-hydrogen) atoms. The molecule has 0 saturated carbocycles. The fourth-order valence-electron chi connectivity index (χ4n) is 3.63. The van der Waals surface area contributed by atoms with E-state index < -0.39 is 33.5 Å². The van der Waals surface area contributed by atoms with E-state index in [2.05, 4.69) is 5.32 Å². The third-order valence-corrected chi connectivity index (χ3v) is 8.00. The fraction of sp³-hybridized carbons (Fsp3) is 0.500. The summed E-state index contributed by atoms with van der Waals surface area (Å²) in [7, 11) is -2.12. The van der Waals surface area contributed by atoms with Crippen LogP contribution in [-0.2, 0) is 29.1 Å². The Hall–Kier alpha value is -2.24. The molecule has 2 aliphatic rings. The van der Waals surface area contributed by atoms with Crippen molar-refractivity contribution in [2.45, 2.75) is 32.3 Å². The number of rotatable bonds is 5. The van der Waals surface area contributed by atoms with Crippen molar-refractivity contribution in [3.63, 3.8) is 0 Å². The van der Waals surface area contributed by atoms with Crippen molar-refractivity contribution in [3.8, 4) is 0 Å². The number of nitrogens with one attached hydrogen (secondary N) is 1. The molecule has 2 aliphatic heterocycles. The van der Waals surface area contributed by atoms with Crippen molar-refractivity contribution >= 4 is 44.9 Å². The van der Waals surface area contributed by atoms with Gasteiger partial charge in [0.25, 0.3) is 5.91 Å². The third-order valence-electron chi connectivity index (χ3n) is 5.22. The number of sulfonamides is 1. The van der Waals surface area contributed by atoms with Gasteiger partial charge in [0.15, 0.2) is 0 Å². The first-order valence-electron chi connectivity index (χ1n) is 9.05. The first kappa shape index (κ1) is 21.5. The zero-order chi connectivity index (χ0) is 21.4. The number of hydrogen-bond donors (Lipinski definition) is 1. The number of thiophene rings is 1. The Kier molecular flexibility index (Phi) is 5.84. The van der Waals surface area contributed by atoms with Crippen LogP contribution in [0.2, 0.25) is 0 Å². The lowest BCUT2D eigenvalue weighted by atomic mass is 9.83. The number of piperidine rings is 1. The Morgan fingerprint density at radius 3 is 2.59 bits per heavy atom. The van der Waals surface area contributed by atoms with Gasteiger partial charge in [0.05, 0.1) is 24.1 Å². The number of nitrogens with zero attached hydrogens (tertiary/aromatic N) is 1. The summed E-state index contributed by atoms with van der Waals surface area (Å²) in [5.41, 5.74) is -0.526. The van der Waals surface area contributed by atoms with Gasteiger partial charge in [-0.25, -0.2) is 22.3 Å². The molecule has 3 heterocycles. The smallest absolute Gasteiger partial charge is 0.350 e. The van der Waals surface area contributed by atoms with E-state index in [4.69, 9.17) is 9.47 Å². The largest absolute Gasteiger partial charge is 0.465 e. The van der Waals surface area contributed by atoms with Crippen molar-refractivity contribution < 1.29 is 32.3 Å². The van der Waals surface area contributed by atoms with Crippen LogP contribution in [0.15, 0.2) is 22.6 Å². The number of carbonyl (C=O) groups is 3. The number of ether oxygens (including phenoxy) is 2. The maximum atomic E-state index is 13.1. The highest BCUT2D eigenvalue weighted by Crippen LogP contribution is 2.42. The van der Waals surface area contributed by atoms with E-state index >= 15 is 0 Å². The molecule has 1 saturated heterocycles. The summed E-state index contributed by atoms with van der Waals surface area (Å²) in [4.78, 5) is 37.4. The van der Waals surface area contributed by atoms with Gasteiger partial charge in [-0.05, 0) is 25.3 Å². The van der Waals surface area contributed by atoms with E-state index in [1.165, 1.54) is 18.3 Å². The quantitative estimate of drug-likeness (QED) is 0.687. The van der Waals surface area contributed by atoms with Crippen molar-refractivity contribution in [1.82, 2.24) is 4.31 Å². The summed E-state index contributed by atoms with van der Waals surface area (Å²) < 4.78 is 35.9. The van der Waals surface area contributed by atoms with Crippen molar-refractivity contribution in [2.24, 2.45) is 0 Å². The summed E-state index contributed by atoms with van der Waals surface area (Å²) in [5, 5.41) is 4.31. The molecule has 0 aromatic carbocycles. The average molecular weight is 443 g/mol. The number of anilines is 1. The minimum absolute atomic E-state index is 0.0174. The molecule has 1 N–H and O–H groups in total. The van der Waals surface area contributed by atoms with Gasteiger partial charge in [0, 0.05) is 31.5 Å². The molecule has 0 bridgehead atoms. The van der Waals surface area contributed by atoms with E-state index in [-0.39, 0.29) is 53.4 Å². The molecule has 0 aliphatic carbocycles. The highest BCUT2D eigenvalue weighted by atomic mass is 32.2. The Labute approximate surface area is 172 Å². The van der Waals surface area contributed by atoms with Crippen LogP contribution in [0.5, 0.6) is 0 Å². The Bertz CT molecular complexity index is 986. The molecule has 11 heteroatoms. The highest BCUT2D eigenvalue weighted by molar-refractivity contribution is 7.89. The monoisotopic (exact) mass is 442 g/mol. The van der Waals surface area contributed by atoms with Crippen LogP contribution >= 0.6 is 11.3 Å². The average Bonchev–Trinajstić information content (AvgIpc) is 3.24. The van der Waals surface area contributed by atoms with Gasteiger partial charge in [-0.15, -0.1) is 11.3 Å². The Morgan fingerprint density at radius 1 is 1.34 bits per heavy atom. The van der Waals surface area contributed by atoms with Gasteiger partial charge in [0.1, 0.15) is 10.5 Å². The van der Waals surface area contributed by atoms with E-state index in [9.17, 15) is 22.8 Å². The van der Waals surface area contributed by atoms with Crippen LogP contribution in [0.1, 0.15) is 36.4 Å². The van der Waals surface area contributed by atoms with Gasteiger partial charge in [0.2, 0.25) is 10.0 Å². The lowest BCUT2D eigenvalue weighted by Gasteiger charge is -2.38. The molecule has 9 nitrogen and oxygen atoms in total. The van der Waals surface area contributed by atoms with Gasteiger partial charge < -0.3 is 14.8 Å². The molecule has 1 fully saturated rings. The maximum Gasteiger partial charge on any atom is 0.350 e. The summed E-state index contributed by atoms with van der Waals surface area (Å²) in [6, 6.07) is 1.57. The number of amides is 1. The molecular weight excluding hydrogens is 420 g/mol. The molecule has 1 aromatic heterocycles. The van der Waals surface area contributed by atoms with Crippen LogP contribution in [0.25, 0.3) is 0 Å². The lowest BCUT2D eigenvalue weighted by Crippen LogP contribution is -2.49. The first-order chi connectivity index (χ1) is 13.6. The predicted octanol–water partition coefficient (Wildman–Crippen LogP) is 1.53. The van der Waals surface area contributed by atoms with Crippen LogP contribution in [0.3, 0.4) is 0 Å². The van der Waals surface area contributed by atoms with Gasteiger partial charge in [-0.2, -0.15) is 0 Å². The molecule has 1 aromatic rings. The number of methoxy groups -OCH3 is 1. The zero-order valence-electron chi connectivity index (χ0n) is 16.3. The molecule has 1 spiro atoms. The standard InChI is InChI=1S/C18H22N2O7S2/c1-4-29(24,25)20-8-6-18(7-9-20)13(11(2)16(22)27-18)15(21)19-12-5-10-28-14(12)17(23)26-3/h5,10H,4,6-9H2,1-3H3,(H,19,21). The van der Waals surface area contributed by atoms with E-state index in [0.717, 1.165) is 11.3 Å². The van der Waals surface area contributed by atoms with Crippen LogP contribution < -0.4 is 5.32 Å². The Morgan fingerprint density at radius 2 is 2.00 bits per heavy atom. The second-order valence-electron chi connectivity index (χ2n) is 6.79. The fourth-order valence-corrected chi connectivity index (χ4v) is 5.50. The first-order valence-corrected chi connectivity index (χ1v) is 11.5. The topological polar surface area (TPSA) is 119 Å². The molecule has 0 atom stereocenters. The normalized spacial score (nSPS) is 19.3. The maximum absolute atomic E-state index is 13.1. The van der Waals surface area contributed by atoms with Crippen LogP contribution in [-0.4, -0.2) is 62.1 Å². The predicted molar refractivity (Wildman–Crippen MR) is 106 cm³/mol. The number of hydrogen-bond acceptors (Lipinski definition) is 8. The lowest BCUT2D eigenvalue weighted by molar-refractivity contribution is -0.149. The number of carbonyl (C=O) groups excluding carboxylic acids is 3. The molecule has 3 rings (SSSR count). The molecule has 0 radical (unpaired) electrons. The second-order valence-corrected chi connectivity index (χ2v) is 9.97. The zero-order valence-corrected chi connectivity index (χ0v) is 17.9. The van der Waals surface area contributed by atoms with Gasteiger partial charge in [-0.1, -0.05) is 0 Å². The SMILES string of the molecule is CCS(=O)(=O)N1CCC2(CC1)OC(=O)C(C)=C2C(=O)Nc1ccsc1C(=O)OC. The molecule has 0 unspecified atom stereocenters. The Balaban J connectivity index is 1.85. The number of esters is 2. The van der Waals surface area contributed by atoms with Crippen LogP contribution in [0.4, 0.5) is 5.69 Å². The minimum atomic E-state index is -3.37. The molecule has 158 valence electrons. The highest BCUT2D eigenvalue weighted by Gasteiger charge is 2.51. The van der Waals surface area contributed by atoms with Crippen molar-refractivity contribution in [2.75, 3.05) is 31.3 Å². The summed E-state index contributed by atoms with van der Waals surface area (Å²) in [6.07, 6.45) is 0.372. The van der Waals surface area contributed by atoms with Crippen molar-refractivity contribution in [1.29, 1.82) is 0 Å². The summed E-state index contributed by atoms with van der Waals surface area (Å²) >= 11 is 1.12. The van der Waals surface area contributed by atoms with E-state index in [1.807, 2.05) is 0 Å². The van der Waals surface area contributed by atoms with Crippen molar-refractivity contribution in [3.05, 3.63) is 27.5 Å². The van der Waals surface area contributed by atoms with Crippen LogP contribution in [0, 0.1) is 0 Å². The molecular formula is C18H22N2O7S2. The van der Waals surface area contributed by atoms with E-state index in [1.54, 1.807) is 18.4 Å². The van der Waals surface area contributed by atoms with Gasteiger partial charge in [-0.3, -0.25) is 4.79 Å². The molecule has 1 amide bonds. The van der Waals surface area contributed by atoms with E-state index in [0.29, 0.717) is 0 Å². The third kappa shape index (κ3) is 3.81. The van der Waals surface area contributed by atoms with Gasteiger partial charge >= 0.3 is 11.9 Å². The minimum Gasteiger partial charge on any atom is -0.465 e. The second kappa shape index (κ2) is 7.88.